The van der Waals surface area contributed by atoms with Gasteiger partial charge in [0, 0.05) is 7.11 Å². The molecular formula is C10H16N2O4. The number of carbonyl (C=O) groups excluding carboxylic acids is 1. The summed E-state index contributed by atoms with van der Waals surface area (Å²) in [6, 6.07) is 0. The molecule has 0 amide bonds. The Labute approximate surface area is 93.9 Å². The molecule has 0 aromatic carbocycles. The second-order valence-corrected chi connectivity index (χ2v) is 3.43. The van der Waals surface area contributed by atoms with E-state index in [4.69, 9.17) is 14.0 Å². The highest BCUT2D eigenvalue weighted by Crippen LogP contribution is 2.26. The number of esters is 1. The highest BCUT2D eigenvalue weighted by atomic mass is 16.5. The first kappa shape index (κ1) is 12.6. The van der Waals surface area contributed by atoms with Gasteiger partial charge in [0.2, 0.25) is 0 Å². The number of nitrogens with zero attached hydrogens (tertiary/aromatic N) is 2. The van der Waals surface area contributed by atoms with Crippen molar-refractivity contribution in [2.45, 2.75) is 32.8 Å². The summed E-state index contributed by atoms with van der Waals surface area (Å²) in [6.07, 6.45) is 0.661. The molecule has 1 aromatic rings. The lowest BCUT2D eigenvalue weighted by Gasteiger charge is -2.21. The monoisotopic (exact) mass is 228 g/mol. The average molecular weight is 228 g/mol. The summed E-state index contributed by atoms with van der Waals surface area (Å²) in [4.78, 5) is 15.3. The number of carbonyl (C=O) groups is 1. The van der Waals surface area contributed by atoms with E-state index in [-0.39, 0.29) is 18.3 Å². The lowest BCUT2D eigenvalue weighted by molar-refractivity contribution is -0.0272. The van der Waals surface area contributed by atoms with Crippen LogP contribution in [-0.2, 0) is 15.1 Å². The summed E-state index contributed by atoms with van der Waals surface area (Å²) in [5.74, 6) is -0.388. The quantitative estimate of drug-likeness (QED) is 0.711. The van der Waals surface area contributed by atoms with Crippen LogP contribution in [0.5, 0.6) is 0 Å². The average Bonchev–Trinajstić information content (AvgIpc) is 2.78. The normalized spacial score (nSPS) is 14.5. The van der Waals surface area contributed by atoms with Crippen molar-refractivity contribution >= 4 is 5.97 Å². The van der Waals surface area contributed by atoms with Crippen molar-refractivity contribution in [2.24, 2.45) is 0 Å². The van der Waals surface area contributed by atoms with E-state index in [9.17, 15) is 4.79 Å². The van der Waals surface area contributed by atoms with Gasteiger partial charge in [0.05, 0.1) is 6.61 Å². The number of rotatable bonds is 5. The Hall–Kier alpha value is -1.43. The lowest BCUT2D eigenvalue weighted by atomic mass is 10.0. The summed E-state index contributed by atoms with van der Waals surface area (Å²) >= 11 is 0. The lowest BCUT2D eigenvalue weighted by Crippen LogP contribution is -2.23. The van der Waals surface area contributed by atoms with Crippen LogP contribution in [0.25, 0.3) is 0 Å². The van der Waals surface area contributed by atoms with Crippen molar-refractivity contribution in [3.8, 4) is 0 Å². The third kappa shape index (κ3) is 2.38. The van der Waals surface area contributed by atoms with E-state index in [2.05, 4.69) is 10.1 Å². The van der Waals surface area contributed by atoms with Crippen LogP contribution >= 0.6 is 0 Å². The van der Waals surface area contributed by atoms with Gasteiger partial charge in [0.1, 0.15) is 5.60 Å². The fourth-order valence-corrected chi connectivity index (χ4v) is 1.10. The molecule has 0 fully saturated rings. The molecule has 0 bridgehead atoms. The highest BCUT2D eigenvalue weighted by Gasteiger charge is 2.32. The molecule has 1 atom stereocenters. The molecule has 6 nitrogen and oxygen atoms in total. The number of methoxy groups -OCH3 is 1. The molecule has 16 heavy (non-hydrogen) atoms. The van der Waals surface area contributed by atoms with Crippen LogP contribution in [0.15, 0.2) is 4.52 Å². The minimum Gasteiger partial charge on any atom is -0.460 e. The predicted molar refractivity (Wildman–Crippen MR) is 54.9 cm³/mol. The molecule has 6 heteroatoms. The maximum Gasteiger partial charge on any atom is 0.379 e. The smallest absolute Gasteiger partial charge is 0.379 e. The predicted octanol–water partition coefficient (Wildman–Crippen LogP) is 1.52. The number of hydrogen-bond acceptors (Lipinski definition) is 6. The van der Waals surface area contributed by atoms with Crippen LogP contribution in [0.2, 0.25) is 0 Å². The fourth-order valence-electron chi connectivity index (χ4n) is 1.10. The minimum absolute atomic E-state index is 0.0754. The van der Waals surface area contributed by atoms with Gasteiger partial charge < -0.3 is 14.0 Å². The van der Waals surface area contributed by atoms with Crippen molar-refractivity contribution in [3.63, 3.8) is 0 Å². The molecule has 0 aliphatic heterocycles. The Kier molecular flexibility index (Phi) is 4.00. The van der Waals surface area contributed by atoms with Gasteiger partial charge in [-0.1, -0.05) is 6.92 Å². The SMILES string of the molecule is CCOC(=O)c1noc(C(C)(CC)OC)n1. The van der Waals surface area contributed by atoms with Gasteiger partial charge in [0.15, 0.2) is 0 Å². The van der Waals surface area contributed by atoms with Crippen LogP contribution < -0.4 is 0 Å². The first-order chi connectivity index (χ1) is 7.57. The second kappa shape index (κ2) is 5.07. The standard InChI is InChI=1S/C10H16N2O4/c1-5-10(3,14-4)9-11-7(12-16-9)8(13)15-6-2/h5-6H2,1-4H3. The van der Waals surface area contributed by atoms with E-state index in [1.165, 1.54) is 0 Å². The maximum atomic E-state index is 11.3. The summed E-state index contributed by atoms with van der Waals surface area (Å²) in [5.41, 5.74) is -0.669. The Bertz CT molecular complexity index is 357. The molecule has 1 unspecified atom stereocenters. The van der Waals surface area contributed by atoms with Crippen molar-refractivity contribution in [3.05, 3.63) is 11.7 Å². The van der Waals surface area contributed by atoms with Crippen molar-refractivity contribution in [2.75, 3.05) is 13.7 Å². The summed E-state index contributed by atoms with van der Waals surface area (Å²) < 4.78 is 15.0. The molecular weight excluding hydrogens is 212 g/mol. The first-order valence-corrected chi connectivity index (χ1v) is 5.13. The molecule has 1 heterocycles. The molecule has 0 spiro atoms. The Morgan fingerprint density at radius 2 is 2.19 bits per heavy atom. The van der Waals surface area contributed by atoms with Gasteiger partial charge in [0.25, 0.3) is 11.7 Å². The van der Waals surface area contributed by atoms with Gasteiger partial charge in [-0.25, -0.2) is 4.79 Å². The summed E-state index contributed by atoms with van der Waals surface area (Å²) in [6.45, 7) is 5.73. The molecule has 0 radical (unpaired) electrons. The van der Waals surface area contributed by atoms with Crippen LogP contribution in [-0.4, -0.2) is 29.8 Å². The van der Waals surface area contributed by atoms with E-state index in [0.717, 1.165) is 0 Å². The van der Waals surface area contributed by atoms with E-state index < -0.39 is 11.6 Å². The van der Waals surface area contributed by atoms with Crippen LogP contribution in [0, 0.1) is 0 Å². The third-order valence-corrected chi connectivity index (χ3v) is 2.46. The molecule has 0 saturated carbocycles. The second-order valence-electron chi connectivity index (χ2n) is 3.43. The molecule has 90 valence electrons. The van der Waals surface area contributed by atoms with Gasteiger partial charge in [-0.15, -0.1) is 0 Å². The fraction of sp³-hybridized carbons (Fsp3) is 0.700. The zero-order valence-corrected chi connectivity index (χ0v) is 9.94. The zero-order chi connectivity index (χ0) is 12.2. The molecule has 0 saturated heterocycles. The Morgan fingerprint density at radius 3 is 2.69 bits per heavy atom. The van der Waals surface area contributed by atoms with E-state index in [1.807, 2.05) is 13.8 Å². The molecule has 0 aliphatic carbocycles. The van der Waals surface area contributed by atoms with Crippen LogP contribution in [0.4, 0.5) is 0 Å². The van der Waals surface area contributed by atoms with Crippen LogP contribution in [0.1, 0.15) is 43.7 Å². The molecule has 0 N–H and O–H groups in total. The molecule has 1 aromatic heterocycles. The number of hydrogen-bond donors (Lipinski definition) is 0. The highest BCUT2D eigenvalue weighted by molar-refractivity contribution is 5.84. The third-order valence-electron chi connectivity index (χ3n) is 2.46. The van der Waals surface area contributed by atoms with Crippen molar-refractivity contribution in [1.82, 2.24) is 10.1 Å². The Morgan fingerprint density at radius 1 is 1.50 bits per heavy atom. The topological polar surface area (TPSA) is 74.5 Å². The molecule has 0 aliphatic rings. The summed E-state index contributed by atoms with van der Waals surface area (Å²) in [7, 11) is 1.55. The van der Waals surface area contributed by atoms with Gasteiger partial charge >= 0.3 is 5.97 Å². The molecule has 1 rings (SSSR count). The van der Waals surface area contributed by atoms with E-state index in [0.29, 0.717) is 6.42 Å². The minimum atomic E-state index is -0.669. The van der Waals surface area contributed by atoms with Gasteiger partial charge in [-0.3, -0.25) is 0 Å². The van der Waals surface area contributed by atoms with E-state index >= 15 is 0 Å². The van der Waals surface area contributed by atoms with E-state index in [1.54, 1.807) is 14.0 Å². The first-order valence-electron chi connectivity index (χ1n) is 5.13. The Balaban J connectivity index is 2.90. The number of ether oxygens (including phenoxy) is 2. The van der Waals surface area contributed by atoms with Gasteiger partial charge in [-0.05, 0) is 25.4 Å². The largest absolute Gasteiger partial charge is 0.460 e. The number of aromatic nitrogens is 2. The van der Waals surface area contributed by atoms with Crippen molar-refractivity contribution in [1.29, 1.82) is 0 Å². The van der Waals surface area contributed by atoms with Crippen LogP contribution in [0.3, 0.4) is 0 Å². The maximum absolute atomic E-state index is 11.3. The zero-order valence-electron chi connectivity index (χ0n) is 9.94. The van der Waals surface area contributed by atoms with Gasteiger partial charge in [-0.2, -0.15) is 4.98 Å². The van der Waals surface area contributed by atoms with Crippen molar-refractivity contribution < 1.29 is 18.8 Å². The summed E-state index contributed by atoms with van der Waals surface area (Å²) in [5, 5.41) is 3.56.